The number of rotatable bonds is 5. The van der Waals surface area contributed by atoms with Gasteiger partial charge >= 0.3 is 5.97 Å². The second-order valence-corrected chi connectivity index (χ2v) is 5.70. The number of benzene rings is 1. The SMILES string of the molecule is COC(=O)c1cccc(NC(=O)c2cc(C(=O)NC3CC3)ccn2)c1. The third-order valence-electron chi connectivity index (χ3n) is 3.71. The lowest BCUT2D eigenvalue weighted by molar-refractivity contribution is 0.0600. The number of hydrogen-bond donors (Lipinski definition) is 2. The second kappa shape index (κ2) is 7.12. The van der Waals surface area contributed by atoms with Crippen molar-refractivity contribution >= 4 is 23.5 Å². The van der Waals surface area contributed by atoms with Crippen molar-refractivity contribution in [2.45, 2.75) is 18.9 Å². The van der Waals surface area contributed by atoms with E-state index in [1.54, 1.807) is 24.3 Å². The number of aromatic nitrogens is 1. The molecule has 1 aliphatic rings. The molecule has 0 spiro atoms. The number of hydrogen-bond acceptors (Lipinski definition) is 5. The van der Waals surface area contributed by atoms with E-state index in [9.17, 15) is 14.4 Å². The van der Waals surface area contributed by atoms with Crippen LogP contribution < -0.4 is 10.6 Å². The van der Waals surface area contributed by atoms with Crippen LogP contribution in [0.2, 0.25) is 0 Å². The summed E-state index contributed by atoms with van der Waals surface area (Å²) in [5, 5.41) is 5.52. The van der Waals surface area contributed by atoms with Crippen molar-refractivity contribution in [3.63, 3.8) is 0 Å². The van der Waals surface area contributed by atoms with E-state index < -0.39 is 11.9 Å². The van der Waals surface area contributed by atoms with Crippen molar-refractivity contribution in [3.8, 4) is 0 Å². The Hall–Kier alpha value is -3.22. The van der Waals surface area contributed by atoms with Gasteiger partial charge in [-0.05, 0) is 43.2 Å². The molecule has 0 atom stereocenters. The van der Waals surface area contributed by atoms with E-state index in [4.69, 9.17) is 0 Å². The van der Waals surface area contributed by atoms with Crippen LogP contribution in [0, 0.1) is 0 Å². The fraction of sp³-hybridized carbons (Fsp3) is 0.222. The van der Waals surface area contributed by atoms with Crippen molar-refractivity contribution < 1.29 is 19.1 Å². The molecule has 3 rings (SSSR count). The van der Waals surface area contributed by atoms with Crippen molar-refractivity contribution in [1.29, 1.82) is 0 Å². The van der Waals surface area contributed by atoms with Crippen LogP contribution in [-0.2, 0) is 4.74 Å². The molecule has 7 heteroatoms. The maximum Gasteiger partial charge on any atom is 0.337 e. The van der Waals surface area contributed by atoms with Crippen molar-refractivity contribution in [1.82, 2.24) is 10.3 Å². The zero-order valence-corrected chi connectivity index (χ0v) is 13.6. The lowest BCUT2D eigenvalue weighted by atomic mass is 10.2. The molecule has 0 radical (unpaired) electrons. The first-order chi connectivity index (χ1) is 12.1. The van der Waals surface area contributed by atoms with Crippen LogP contribution in [0.4, 0.5) is 5.69 Å². The molecule has 2 amide bonds. The zero-order valence-electron chi connectivity index (χ0n) is 13.6. The summed E-state index contributed by atoms with van der Waals surface area (Å²) < 4.78 is 4.65. The van der Waals surface area contributed by atoms with Gasteiger partial charge in [0.2, 0.25) is 0 Å². The monoisotopic (exact) mass is 339 g/mol. The Bertz CT molecular complexity index is 831. The molecule has 0 unspecified atom stereocenters. The first-order valence-electron chi connectivity index (χ1n) is 7.83. The molecule has 2 N–H and O–H groups in total. The van der Waals surface area contributed by atoms with Crippen molar-refractivity contribution in [3.05, 3.63) is 59.4 Å². The van der Waals surface area contributed by atoms with Gasteiger partial charge in [0.1, 0.15) is 5.69 Å². The number of ether oxygens (including phenoxy) is 1. The molecule has 7 nitrogen and oxygen atoms in total. The van der Waals surface area contributed by atoms with E-state index in [-0.39, 0.29) is 17.6 Å². The third kappa shape index (κ3) is 4.20. The Kier molecular flexibility index (Phi) is 4.74. The standard InChI is InChI=1S/C18H17N3O4/c1-25-18(24)12-3-2-4-14(9-12)21-17(23)15-10-11(7-8-19-15)16(22)20-13-5-6-13/h2-4,7-10,13H,5-6H2,1H3,(H,20,22)(H,21,23). The van der Waals surface area contributed by atoms with E-state index in [0.717, 1.165) is 12.8 Å². The molecule has 1 fully saturated rings. The highest BCUT2D eigenvalue weighted by atomic mass is 16.5. The number of carbonyl (C=O) groups excluding carboxylic acids is 3. The molecule has 2 aromatic rings. The summed E-state index contributed by atoms with van der Waals surface area (Å²) in [6.45, 7) is 0. The van der Waals surface area contributed by atoms with Crippen LogP contribution in [0.3, 0.4) is 0 Å². The number of carbonyl (C=O) groups is 3. The highest BCUT2D eigenvalue weighted by Crippen LogP contribution is 2.19. The van der Waals surface area contributed by atoms with Crippen LogP contribution in [0.5, 0.6) is 0 Å². The lowest BCUT2D eigenvalue weighted by Gasteiger charge is -2.08. The molecule has 0 bridgehead atoms. The highest BCUT2D eigenvalue weighted by molar-refractivity contribution is 6.05. The molecular weight excluding hydrogens is 322 g/mol. The van der Waals surface area contributed by atoms with Gasteiger partial charge in [0.05, 0.1) is 12.7 Å². The summed E-state index contributed by atoms with van der Waals surface area (Å²) >= 11 is 0. The molecule has 128 valence electrons. The summed E-state index contributed by atoms with van der Waals surface area (Å²) in [6, 6.07) is 9.61. The Morgan fingerprint density at radius 2 is 1.88 bits per heavy atom. The van der Waals surface area contributed by atoms with Crippen molar-refractivity contribution in [2.75, 3.05) is 12.4 Å². The minimum Gasteiger partial charge on any atom is -0.465 e. The molecule has 0 aliphatic heterocycles. The average Bonchev–Trinajstić information content (AvgIpc) is 3.45. The number of nitrogens with one attached hydrogen (secondary N) is 2. The molecule has 1 aliphatic carbocycles. The maximum atomic E-state index is 12.4. The summed E-state index contributed by atoms with van der Waals surface area (Å²) in [4.78, 5) is 40.0. The molecule has 1 saturated carbocycles. The van der Waals surface area contributed by atoms with Crippen LogP contribution >= 0.6 is 0 Å². The fourth-order valence-electron chi connectivity index (χ4n) is 2.23. The molecule has 25 heavy (non-hydrogen) atoms. The van der Waals surface area contributed by atoms with Crippen molar-refractivity contribution in [2.24, 2.45) is 0 Å². The fourth-order valence-corrected chi connectivity index (χ4v) is 2.23. The van der Waals surface area contributed by atoms with E-state index in [1.165, 1.54) is 25.4 Å². The maximum absolute atomic E-state index is 12.4. The first kappa shape index (κ1) is 16.6. The van der Waals surface area contributed by atoms with Gasteiger partial charge in [-0.1, -0.05) is 6.07 Å². The Labute approximate surface area is 144 Å². The van der Waals surface area contributed by atoms with E-state index in [0.29, 0.717) is 16.8 Å². The van der Waals surface area contributed by atoms with Gasteiger partial charge in [0.25, 0.3) is 11.8 Å². The van der Waals surface area contributed by atoms with E-state index >= 15 is 0 Å². The number of nitrogens with zero attached hydrogens (tertiary/aromatic N) is 1. The summed E-state index contributed by atoms with van der Waals surface area (Å²) in [7, 11) is 1.29. The van der Waals surface area contributed by atoms with Crippen LogP contribution in [0.15, 0.2) is 42.6 Å². The number of amides is 2. The minimum absolute atomic E-state index is 0.118. The number of pyridine rings is 1. The zero-order chi connectivity index (χ0) is 17.8. The topological polar surface area (TPSA) is 97.4 Å². The van der Waals surface area contributed by atoms with Gasteiger partial charge in [0, 0.05) is 23.5 Å². The highest BCUT2D eigenvalue weighted by Gasteiger charge is 2.24. The van der Waals surface area contributed by atoms with E-state index in [1.807, 2.05) is 0 Å². The second-order valence-electron chi connectivity index (χ2n) is 5.70. The van der Waals surface area contributed by atoms with Crippen LogP contribution in [-0.4, -0.2) is 35.9 Å². The van der Waals surface area contributed by atoms with Gasteiger partial charge in [0.15, 0.2) is 0 Å². The Morgan fingerprint density at radius 3 is 2.60 bits per heavy atom. The van der Waals surface area contributed by atoms with E-state index in [2.05, 4.69) is 20.4 Å². The van der Waals surface area contributed by atoms with Gasteiger partial charge in [-0.15, -0.1) is 0 Å². The molecular formula is C18H17N3O4. The number of anilines is 1. The van der Waals surface area contributed by atoms with Crippen LogP contribution in [0.25, 0.3) is 0 Å². The largest absolute Gasteiger partial charge is 0.465 e. The quantitative estimate of drug-likeness (QED) is 0.812. The summed E-state index contributed by atoms with van der Waals surface area (Å²) in [5.41, 5.74) is 1.26. The molecule has 1 aromatic carbocycles. The Balaban J connectivity index is 1.72. The summed E-state index contributed by atoms with van der Waals surface area (Å²) in [6.07, 6.45) is 3.39. The smallest absolute Gasteiger partial charge is 0.337 e. The molecule has 0 saturated heterocycles. The first-order valence-corrected chi connectivity index (χ1v) is 7.83. The third-order valence-corrected chi connectivity index (χ3v) is 3.71. The number of methoxy groups -OCH3 is 1. The minimum atomic E-state index is -0.493. The van der Waals surface area contributed by atoms with Gasteiger partial charge < -0.3 is 15.4 Å². The van der Waals surface area contributed by atoms with Gasteiger partial charge in [-0.25, -0.2) is 4.79 Å². The average molecular weight is 339 g/mol. The normalized spacial score (nSPS) is 13.0. The van der Waals surface area contributed by atoms with Gasteiger partial charge in [-0.3, -0.25) is 14.6 Å². The molecule has 1 heterocycles. The Morgan fingerprint density at radius 1 is 1.08 bits per heavy atom. The summed E-state index contributed by atoms with van der Waals surface area (Å²) in [5.74, 6) is -1.18. The van der Waals surface area contributed by atoms with Gasteiger partial charge in [-0.2, -0.15) is 0 Å². The predicted molar refractivity (Wildman–Crippen MR) is 90.5 cm³/mol. The predicted octanol–water partition coefficient (Wildman–Crippen LogP) is 2.01. The lowest BCUT2D eigenvalue weighted by Crippen LogP contribution is -2.26. The van der Waals surface area contributed by atoms with Crippen LogP contribution in [0.1, 0.15) is 44.0 Å². The number of esters is 1. The molecule has 1 aromatic heterocycles.